The Kier molecular flexibility index (Phi) is 5.65. The van der Waals surface area contributed by atoms with Crippen LogP contribution >= 0.6 is 0 Å². The van der Waals surface area contributed by atoms with Crippen LogP contribution in [0.25, 0.3) is 6.08 Å². The molecule has 1 heterocycles. The van der Waals surface area contributed by atoms with Crippen LogP contribution in [0, 0.1) is 0 Å². The highest BCUT2D eigenvalue weighted by Gasteiger charge is 2.39. The smallest absolute Gasteiger partial charge is 0.289 e. The van der Waals surface area contributed by atoms with E-state index < -0.39 is 0 Å². The average Bonchev–Trinajstić information content (AvgIpc) is 2.77. The van der Waals surface area contributed by atoms with Crippen molar-refractivity contribution in [2.24, 2.45) is 0 Å². The minimum absolute atomic E-state index is 0.0715. The second-order valence-electron chi connectivity index (χ2n) is 7.72. The van der Waals surface area contributed by atoms with E-state index in [9.17, 15) is 9.59 Å². The summed E-state index contributed by atoms with van der Waals surface area (Å²) in [6.07, 6.45) is 6.14. The Hall–Kier alpha value is -3.08. The topological polar surface area (TPSA) is 58.6 Å². The Morgan fingerprint density at radius 1 is 1.10 bits per heavy atom. The van der Waals surface area contributed by atoms with Crippen LogP contribution in [0.4, 0.5) is 0 Å². The Labute approximate surface area is 171 Å². The van der Waals surface area contributed by atoms with Gasteiger partial charge in [0.2, 0.25) is 0 Å². The first-order valence-corrected chi connectivity index (χ1v) is 10.2. The average molecular weight is 390 g/mol. The normalized spacial score (nSPS) is 22.7. The summed E-state index contributed by atoms with van der Waals surface area (Å²) in [4.78, 5) is 26.8. The first kappa shape index (κ1) is 19.2. The molecule has 0 radical (unpaired) electrons. The van der Waals surface area contributed by atoms with Gasteiger partial charge in [-0.25, -0.2) is 0 Å². The summed E-state index contributed by atoms with van der Waals surface area (Å²) in [5.74, 6) is 0.192. The highest BCUT2D eigenvalue weighted by molar-refractivity contribution is 5.97. The fraction of sp³-hybridized carbons (Fsp3) is 0.333. The second-order valence-corrected chi connectivity index (χ2v) is 7.72. The number of morpholine rings is 1. The van der Waals surface area contributed by atoms with Gasteiger partial charge in [0.25, 0.3) is 11.8 Å². The molecule has 5 nitrogen and oxygen atoms in total. The van der Waals surface area contributed by atoms with Crippen LogP contribution < -0.4 is 5.32 Å². The van der Waals surface area contributed by atoms with Gasteiger partial charge in [-0.3, -0.25) is 9.59 Å². The van der Waals surface area contributed by atoms with Crippen molar-refractivity contribution in [2.75, 3.05) is 7.05 Å². The predicted octanol–water partition coefficient (Wildman–Crippen LogP) is 3.76. The van der Waals surface area contributed by atoms with Crippen LogP contribution in [0.3, 0.4) is 0 Å². The van der Waals surface area contributed by atoms with Crippen molar-refractivity contribution >= 4 is 17.9 Å². The number of nitrogens with one attached hydrogen (secondary N) is 1. The van der Waals surface area contributed by atoms with Crippen LogP contribution in [0.5, 0.6) is 0 Å². The third-order valence-electron chi connectivity index (χ3n) is 5.74. The van der Waals surface area contributed by atoms with Crippen LogP contribution in [-0.4, -0.2) is 35.9 Å². The zero-order valence-corrected chi connectivity index (χ0v) is 16.6. The largest absolute Gasteiger partial charge is 0.482 e. The molecule has 2 aromatic rings. The lowest BCUT2D eigenvalue weighted by Gasteiger charge is -2.42. The molecule has 2 unspecified atom stereocenters. The molecule has 2 aliphatic rings. The van der Waals surface area contributed by atoms with Crippen molar-refractivity contribution in [1.29, 1.82) is 0 Å². The lowest BCUT2D eigenvalue weighted by molar-refractivity contribution is -0.145. The van der Waals surface area contributed by atoms with Crippen molar-refractivity contribution in [3.8, 4) is 0 Å². The molecule has 2 aromatic carbocycles. The summed E-state index contributed by atoms with van der Waals surface area (Å²) < 4.78 is 6.03. The molecule has 2 fully saturated rings. The van der Waals surface area contributed by atoms with Crippen LogP contribution in [-0.2, 0) is 16.1 Å². The SMILES string of the molecule is CN1C(=O)/C(=C/c2ccc(C(=O)NCc3ccccc3)cc2)OC2CCCCC21. The zero-order chi connectivity index (χ0) is 20.2. The standard InChI is InChI=1S/C24H26N2O3/c1-26-20-9-5-6-10-21(20)29-22(24(26)28)15-17-11-13-19(14-12-17)23(27)25-16-18-7-3-2-4-8-18/h2-4,7-8,11-15,20-21H,5-6,9-10,16H2,1H3,(H,25,27)/b22-15-. The minimum Gasteiger partial charge on any atom is -0.482 e. The molecule has 1 aliphatic carbocycles. The number of carbonyl (C=O) groups excluding carboxylic acids is 2. The zero-order valence-electron chi connectivity index (χ0n) is 16.6. The van der Waals surface area contributed by atoms with Crippen molar-refractivity contribution in [1.82, 2.24) is 10.2 Å². The minimum atomic E-state index is -0.122. The predicted molar refractivity (Wildman–Crippen MR) is 112 cm³/mol. The summed E-state index contributed by atoms with van der Waals surface area (Å²) >= 11 is 0. The van der Waals surface area contributed by atoms with E-state index in [0.29, 0.717) is 17.9 Å². The van der Waals surface area contributed by atoms with E-state index in [1.54, 1.807) is 18.2 Å². The fourth-order valence-corrected chi connectivity index (χ4v) is 4.05. The van der Waals surface area contributed by atoms with Crippen molar-refractivity contribution in [3.63, 3.8) is 0 Å². The van der Waals surface area contributed by atoms with E-state index in [0.717, 1.165) is 36.8 Å². The van der Waals surface area contributed by atoms with Gasteiger partial charge in [0, 0.05) is 19.2 Å². The summed E-state index contributed by atoms with van der Waals surface area (Å²) in [6, 6.07) is 17.2. The van der Waals surface area contributed by atoms with Crippen LogP contribution in [0.15, 0.2) is 60.4 Å². The second kappa shape index (κ2) is 8.52. The van der Waals surface area contributed by atoms with Gasteiger partial charge in [0.05, 0.1) is 6.04 Å². The van der Waals surface area contributed by atoms with Crippen molar-refractivity contribution in [3.05, 3.63) is 77.0 Å². The number of ether oxygens (including phenoxy) is 1. The molecule has 0 spiro atoms. The number of amides is 2. The number of nitrogens with zero attached hydrogens (tertiary/aromatic N) is 1. The Bertz CT molecular complexity index is 905. The highest BCUT2D eigenvalue weighted by Crippen LogP contribution is 2.32. The van der Waals surface area contributed by atoms with Gasteiger partial charge in [-0.15, -0.1) is 0 Å². The Morgan fingerprint density at radius 2 is 1.83 bits per heavy atom. The van der Waals surface area contributed by atoms with E-state index in [-0.39, 0.29) is 24.0 Å². The number of carbonyl (C=O) groups is 2. The first-order chi connectivity index (χ1) is 14.1. The van der Waals surface area contributed by atoms with Crippen molar-refractivity contribution in [2.45, 2.75) is 44.4 Å². The molecule has 5 heteroatoms. The molecule has 1 aliphatic heterocycles. The number of likely N-dealkylation sites (N-methyl/N-ethyl adjacent to an activating group) is 1. The van der Waals surface area contributed by atoms with Gasteiger partial charge in [-0.05, 0) is 48.6 Å². The summed E-state index contributed by atoms with van der Waals surface area (Å²) in [5, 5.41) is 2.92. The summed E-state index contributed by atoms with van der Waals surface area (Å²) in [7, 11) is 1.86. The molecule has 29 heavy (non-hydrogen) atoms. The van der Waals surface area contributed by atoms with Gasteiger partial charge < -0.3 is 15.0 Å². The monoisotopic (exact) mass is 390 g/mol. The third-order valence-corrected chi connectivity index (χ3v) is 5.74. The molecule has 2 amide bonds. The molecule has 1 N–H and O–H groups in total. The van der Waals surface area contributed by atoms with Crippen LogP contribution in [0.2, 0.25) is 0 Å². The van der Waals surface area contributed by atoms with Gasteiger partial charge in [0.1, 0.15) is 6.10 Å². The summed E-state index contributed by atoms with van der Waals surface area (Å²) in [5.41, 5.74) is 2.49. The van der Waals surface area contributed by atoms with E-state index >= 15 is 0 Å². The fourth-order valence-electron chi connectivity index (χ4n) is 4.05. The maximum atomic E-state index is 12.6. The van der Waals surface area contributed by atoms with E-state index in [1.165, 1.54) is 0 Å². The maximum absolute atomic E-state index is 12.6. The molecule has 1 saturated carbocycles. The quantitative estimate of drug-likeness (QED) is 0.809. The third kappa shape index (κ3) is 4.34. The molecule has 1 saturated heterocycles. The van der Waals surface area contributed by atoms with Crippen molar-refractivity contribution < 1.29 is 14.3 Å². The molecule has 150 valence electrons. The first-order valence-electron chi connectivity index (χ1n) is 10.2. The number of benzene rings is 2. The lowest BCUT2D eigenvalue weighted by atomic mass is 9.90. The van der Waals surface area contributed by atoms with Gasteiger partial charge in [0.15, 0.2) is 5.76 Å². The molecular weight excluding hydrogens is 364 g/mol. The highest BCUT2D eigenvalue weighted by atomic mass is 16.5. The molecular formula is C24H26N2O3. The molecule has 0 aromatic heterocycles. The van der Waals surface area contributed by atoms with Gasteiger partial charge >= 0.3 is 0 Å². The van der Waals surface area contributed by atoms with E-state index in [2.05, 4.69) is 5.32 Å². The number of hydrogen-bond donors (Lipinski definition) is 1. The van der Waals surface area contributed by atoms with E-state index in [1.807, 2.05) is 54.4 Å². The van der Waals surface area contributed by atoms with Crippen LogP contribution in [0.1, 0.15) is 47.2 Å². The van der Waals surface area contributed by atoms with Gasteiger partial charge in [-0.2, -0.15) is 0 Å². The number of hydrogen-bond acceptors (Lipinski definition) is 3. The summed E-state index contributed by atoms with van der Waals surface area (Å²) in [6.45, 7) is 0.489. The molecule has 4 rings (SSSR count). The number of rotatable bonds is 4. The molecule has 2 atom stereocenters. The number of fused-ring (bicyclic) bond motifs is 1. The van der Waals surface area contributed by atoms with E-state index in [4.69, 9.17) is 4.74 Å². The Balaban J connectivity index is 1.42. The Morgan fingerprint density at radius 3 is 2.59 bits per heavy atom. The molecule has 0 bridgehead atoms. The lowest BCUT2D eigenvalue weighted by Crippen LogP contribution is -2.52. The maximum Gasteiger partial charge on any atom is 0.289 e. The van der Waals surface area contributed by atoms with Gasteiger partial charge in [-0.1, -0.05) is 48.9 Å².